The van der Waals surface area contributed by atoms with E-state index in [9.17, 15) is 5.11 Å². The standard InChI is InChI=1S/C15H24O/c1-2-3-4-5-7-12-15(13-16)14-10-8-6-9-11-14/h6,8-11,15-16H,2-5,7,12-13H2,1H3. The summed E-state index contributed by atoms with van der Waals surface area (Å²) >= 11 is 0. The van der Waals surface area contributed by atoms with Gasteiger partial charge < -0.3 is 5.11 Å². The van der Waals surface area contributed by atoms with Crippen LogP contribution in [0.5, 0.6) is 0 Å². The molecule has 90 valence electrons. The minimum atomic E-state index is 0.276. The molecule has 1 unspecified atom stereocenters. The largest absolute Gasteiger partial charge is 0.396 e. The number of unbranched alkanes of at least 4 members (excludes halogenated alkanes) is 4. The maximum Gasteiger partial charge on any atom is 0.0499 e. The van der Waals surface area contributed by atoms with Crippen LogP contribution in [0, 0.1) is 0 Å². The minimum Gasteiger partial charge on any atom is -0.396 e. The smallest absolute Gasteiger partial charge is 0.0499 e. The van der Waals surface area contributed by atoms with Crippen LogP contribution in [-0.4, -0.2) is 11.7 Å². The van der Waals surface area contributed by atoms with Crippen molar-refractivity contribution >= 4 is 0 Å². The van der Waals surface area contributed by atoms with E-state index >= 15 is 0 Å². The SMILES string of the molecule is CCCCCCCC(CO)c1ccccc1. The average molecular weight is 220 g/mol. The number of benzene rings is 1. The lowest BCUT2D eigenvalue weighted by Crippen LogP contribution is -2.03. The first-order valence-corrected chi connectivity index (χ1v) is 6.54. The lowest BCUT2D eigenvalue weighted by molar-refractivity contribution is 0.256. The van der Waals surface area contributed by atoms with Crippen molar-refractivity contribution < 1.29 is 5.11 Å². The van der Waals surface area contributed by atoms with E-state index in [1.54, 1.807) is 0 Å². The van der Waals surface area contributed by atoms with Crippen LogP contribution in [-0.2, 0) is 0 Å². The van der Waals surface area contributed by atoms with Crippen molar-refractivity contribution in [3.63, 3.8) is 0 Å². The number of rotatable bonds is 8. The Morgan fingerprint density at radius 1 is 1.00 bits per heavy atom. The van der Waals surface area contributed by atoms with Crippen molar-refractivity contribution in [2.75, 3.05) is 6.61 Å². The van der Waals surface area contributed by atoms with Crippen molar-refractivity contribution in [3.05, 3.63) is 35.9 Å². The van der Waals surface area contributed by atoms with E-state index in [2.05, 4.69) is 31.2 Å². The van der Waals surface area contributed by atoms with Crippen molar-refractivity contribution in [1.82, 2.24) is 0 Å². The third-order valence-corrected chi connectivity index (χ3v) is 3.15. The summed E-state index contributed by atoms with van der Waals surface area (Å²) < 4.78 is 0. The van der Waals surface area contributed by atoms with Crippen LogP contribution in [0.25, 0.3) is 0 Å². The average Bonchev–Trinajstić information content (AvgIpc) is 2.35. The van der Waals surface area contributed by atoms with Crippen molar-refractivity contribution in [1.29, 1.82) is 0 Å². The van der Waals surface area contributed by atoms with Gasteiger partial charge in [-0.25, -0.2) is 0 Å². The maximum atomic E-state index is 9.38. The third kappa shape index (κ3) is 4.80. The molecule has 0 spiro atoms. The van der Waals surface area contributed by atoms with Crippen molar-refractivity contribution in [2.24, 2.45) is 0 Å². The van der Waals surface area contributed by atoms with Gasteiger partial charge in [-0.3, -0.25) is 0 Å². The number of aliphatic hydroxyl groups excluding tert-OH is 1. The monoisotopic (exact) mass is 220 g/mol. The summed E-state index contributed by atoms with van der Waals surface area (Å²) in [6.07, 6.45) is 7.63. The highest BCUT2D eigenvalue weighted by Crippen LogP contribution is 2.21. The third-order valence-electron chi connectivity index (χ3n) is 3.15. The summed E-state index contributed by atoms with van der Waals surface area (Å²) in [7, 11) is 0. The van der Waals surface area contributed by atoms with Gasteiger partial charge >= 0.3 is 0 Å². The molecule has 0 bridgehead atoms. The molecular weight excluding hydrogens is 196 g/mol. The maximum absolute atomic E-state index is 9.38. The second-order valence-electron chi connectivity index (χ2n) is 4.49. The molecule has 1 aromatic rings. The van der Waals surface area contributed by atoms with Gasteiger partial charge in [0.1, 0.15) is 0 Å². The second-order valence-corrected chi connectivity index (χ2v) is 4.49. The predicted octanol–water partition coefficient (Wildman–Crippen LogP) is 4.12. The fourth-order valence-corrected chi connectivity index (χ4v) is 2.08. The van der Waals surface area contributed by atoms with Crippen LogP contribution >= 0.6 is 0 Å². The molecule has 0 aliphatic rings. The van der Waals surface area contributed by atoms with Gasteiger partial charge in [0.15, 0.2) is 0 Å². The van der Waals surface area contributed by atoms with E-state index in [0.717, 1.165) is 6.42 Å². The van der Waals surface area contributed by atoms with Crippen LogP contribution in [0.3, 0.4) is 0 Å². The molecule has 0 saturated carbocycles. The normalized spacial score (nSPS) is 12.6. The molecule has 0 fully saturated rings. The Bertz CT molecular complexity index is 255. The van der Waals surface area contributed by atoms with E-state index in [-0.39, 0.29) is 6.61 Å². The van der Waals surface area contributed by atoms with Gasteiger partial charge in [-0.15, -0.1) is 0 Å². The summed E-state index contributed by atoms with van der Waals surface area (Å²) in [6, 6.07) is 10.4. The first-order valence-electron chi connectivity index (χ1n) is 6.54. The van der Waals surface area contributed by atoms with Gasteiger partial charge in [0.2, 0.25) is 0 Å². The molecule has 0 amide bonds. The quantitative estimate of drug-likeness (QED) is 0.653. The first kappa shape index (κ1) is 13.2. The van der Waals surface area contributed by atoms with Gasteiger partial charge in [0.05, 0.1) is 0 Å². The van der Waals surface area contributed by atoms with E-state index < -0.39 is 0 Å². The zero-order chi connectivity index (χ0) is 11.6. The molecule has 0 aliphatic carbocycles. The van der Waals surface area contributed by atoms with Crippen LogP contribution in [0.15, 0.2) is 30.3 Å². The zero-order valence-electron chi connectivity index (χ0n) is 10.4. The van der Waals surface area contributed by atoms with Gasteiger partial charge in [-0.2, -0.15) is 0 Å². The first-order chi connectivity index (χ1) is 7.88. The molecule has 0 aliphatic heterocycles. The molecule has 0 saturated heterocycles. The Morgan fingerprint density at radius 3 is 2.31 bits per heavy atom. The Hall–Kier alpha value is -0.820. The van der Waals surface area contributed by atoms with Crippen molar-refractivity contribution in [2.45, 2.75) is 51.4 Å². The van der Waals surface area contributed by atoms with Crippen LogP contribution in [0.2, 0.25) is 0 Å². The number of aliphatic hydroxyl groups is 1. The minimum absolute atomic E-state index is 0.276. The fraction of sp³-hybridized carbons (Fsp3) is 0.600. The second kappa shape index (κ2) is 8.35. The molecule has 1 atom stereocenters. The molecule has 1 aromatic carbocycles. The van der Waals surface area contributed by atoms with E-state index in [1.807, 2.05) is 6.07 Å². The molecular formula is C15H24O. The molecule has 1 heteroatoms. The lowest BCUT2D eigenvalue weighted by atomic mass is 9.94. The highest BCUT2D eigenvalue weighted by atomic mass is 16.3. The molecule has 1 rings (SSSR count). The van der Waals surface area contributed by atoms with Gasteiger partial charge in [0.25, 0.3) is 0 Å². The van der Waals surface area contributed by atoms with Gasteiger partial charge in [-0.05, 0) is 12.0 Å². The van der Waals surface area contributed by atoms with E-state index in [0.29, 0.717) is 5.92 Å². The zero-order valence-corrected chi connectivity index (χ0v) is 10.4. The van der Waals surface area contributed by atoms with Crippen molar-refractivity contribution in [3.8, 4) is 0 Å². The Balaban J connectivity index is 2.27. The predicted molar refractivity (Wildman–Crippen MR) is 69.6 cm³/mol. The summed E-state index contributed by atoms with van der Waals surface area (Å²) in [6.45, 7) is 2.51. The summed E-state index contributed by atoms with van der Waals surface area (Å²) in [5, 5.41) is 9.38. The van der Waals surface area contributed by atoms with E-state index in [4.69, 9.17) is 0 Å². The lowest BCUT2D eigenvalue weighted by Gasteiger charge is -2.14. The van der Waals surface area contributed by atoms with Crippen LogP contribution < -0.4 is 0 Å². The van der Waals surface area contributed by atoms with Crippen LogP contribution in [0.1, 0.15) is 56.9 Å². The van der Waals surface area contributed by atoms with Gasteiger partial charge in [-0.1, -0.05) is 69.4 Å². The fourth-order valence-electron chi connectivity index (χ4n) is 2.08. The highest BCUT2D eigenvalue weighted by molar-refractivity contribution is 5.19. The van der Waals surface area contributed by atoms with Crippen LogP contribution in [0.4, 0.5) is 0 Å². The molecule has 0 aromatic heterocycles. The Kier molecular flexibility index (Phi) is 6.91. The summed E-state index contributed by atoms with van der Waals surface area (Å²) in [4.78, 5) is 0. The summed E-state index contributed by atoms with van der Waals surface area (Å²) in [5.74, 6) is 0.336. The highest BCUT2D eigenvalue weighted by Gasteiger charge is 2.08. The number of hydrogen-bond acceptors (Lipinski definition) is 1. The molecule has 1 N–H and O–H groups in total. The Labute approximate surface area is 99.5 Å². The molecule has 0 radical (unpaired) electrons. The van der Waals surface area contributed by atoms with Gasteiger partial charge in [0, 0.05) is 12.5 Å². The molecule has 16 heavy (non-hydrogen) atoms. The topological polar surface area (TPSA) is 20.2 Å². The molecule has 0 heterocycles. The number of hydrogen-bond donors (Lipinski definition) is 1. The summed E-state index contributed by atoms with van der Waals surface area (Å²) in [5.41, 5.74) is 1.28. The Morgan fingerprint density at radius 2 is 1.69 bits per heavy atom. The van der Waals surface area contributed by atoms with E-state index in [1.165, 1.54) is 37.7 Å². The molecule has 1 nitrogen and oxygen atoms in total.